The maximum atomic E-state index is 12.7. The fraction of sp³-hybridized carbons (Fsp3) is 0.273. The van der Waals surface area contributed by atoms with Gasteiger partial charge in [-0.25, -0.2) is 13.8 Å². The number of nitrogens with one attached hydrogen (secondary N) is 2. The second kappa shape index (κ2) is 8.41. The molecule has 0 aliphatic carbocycles. The Morgan fingerprint density at radius 3 is 2.73 bits per heavy atom. The Kier molecular flexibility index (Phi) is 5.69. The van der Waals surface area contributed by atoms with Crippen molar-refractivity contribution in [2.24, 2.45) is 5.10 Å². The third kappa shape index (κ3) is 3.88. The molecule has 2 heterocycles. The van der Waals surface area contributed by atoms with Crippen molar-refractivity contribution < 1.29 is 13.2 Å². The second-order valence-electron chi connectivity index (χ2n) is 7.28. The lowest BCUT2D eigenvalue weighted by Crippen LogP contribution is -2.28. The Hall–Kier alpha value is -2.97. The van der Waals surface area contributed by atoms with E-state index in [1.807, 2.05) is 18.3 Å². The number of fused-ring (bicyclic) bond motifs is 1. The quantitative estimate of drug-likeness (QED) is 0.470. The molecule has 30 heavy (non-hydrogen) atoms. The van der Waals surface area contributed by atoms with E-state index in [2.05, 4.69) is 28.5 Å². The molecule has 4 rings (SSSR count). The number of hydrazone groups is 1. The van der Waals surface area contributed by atoms with Crippen molar-refractivity contribution in [3.05, 3.63) is 65.4 Å². The first-order chi connectivity index (χ1) is 14.5. The summed E-state index contributed by atoms with van der Waals surface area (Å²) in [5.41, 5.74) is 5.88. The molecule has 0 bridgehead atoms. The summed E-state index contributed by atoms with van der Waals surface area (Å²) in [5.74, 6) is -0.459. The fourth-order valence-electron chi connectivity index (χ4n) is 3.74. The van der Waals surface area contributed by atoms with Gasteiger partial charge in [-0.05, 0) is 43.0 Å². The van der Waals surface area contributed by atoms with E-state index in [1.165, 1.54) is 22.0 Å². The van der Waals surface area contributed by atoms with E-state index < -0.39 is 15.9 Å². The third-order valence-corrected chi connectivity index (χ3v) is 7.28. The molecule has 1 saturated heterocycles. The lowest BCUT2D eigenvalue weighted by molar-refractivity contribution is 0.0955. The highest BCUT2D eigenvalue weighted by Gasteiger charge is 2.27. The monoisotopic (exact) mass is 424 g/mol. The van der Waals surface area contributed by atoms with Gasteiger partial charge in [-0.15, -0.1) is 0 Å². The SMILES string of the molecule is CCc1cccc2c(/C=N/NC(=O)c3cccc(S(=O)(=O)N4CCCC4)c3)c[nH]c12. The average Bonchev–Trinajstić information content (AvgIpc) is 3.44. The van der Waals surface area contributed by atoms with E-state index in [9.17, 15) is 13.2 Å². The van der Waals surface area contributed by atoms with Gasteiger partial charge in [0, 0.05) is 41.3 Å². The summed E-state index contributed by atoms with van der Waals surface area (Å²) in [6, 6.07) is 12.1. The predicted octanol–water partition coefficient (Wildman–Crippen LogP) is 3.28. The largest absolute Gasteiger partial charge is 0.360 e. The first-order valence-electron chi connectivity index (χ1n) is 10.0. The van der Waals surface area contributed by atoms with Crippen LogP contribution in [0.2, 0.25) is 0 Å². The van der Waals surface area contributed by atoms with E-state index in [0.717, 1.165) is 35.7 Å². The molecule has 1 aliphatic heterocycles. The van der Waals surface area contributed by atoms with Crippen molar-refractivity contribution >= 4 is 33.0 Å². The zero-order chi connectivity index (χ0) is 21.1. The van der Waals surface area contributed by atoms with Gasteiger partial charge in [0.05, 0.1) is 11.1 Å². The Morgan fingerprint density at radius 1 is 1.20 bits per heavy atom. The van der Waals surface area contributed by atoms with Crippen molar-refractivity contribution in [1.82, 2.24) is 14.7 Å². The predicted molar refractivity (Wildman–Crippen MR) is 117 cm³/mol. The Labute approximate surface area is 175 Å². The Balaban J connectivity index is 1.50. The number of benzene rings is 2. The first-order valence-corrected chi connectivity index (χ1v) is 11.5. The maximum Gasteiger partial charge on any atom is 0.271 e. The molecule has 156 valence electrons. The highest BCUT2D eigenvalue weighted by atomic mass is 32.2. The number of nitrogens with zero attached hydrogens (tertiary/aromatic N) is 2. The topological polar surface area (TPSA) is 94.6 Å². The van der Waals surface area contributed by atoms with Crippen LogP contribution in [0, 0.1) is 0 Å². The molecule has 1 aromatic heterocycles. The minimum absolute atomic E-state index is 0.129. The van der Waals surface area contributed by atoms with Crippen LogP contribution in [0.5, 0.6) is 0 Å². The summed E-state index contributed by atoms with van der Waals surface area (Å²) in [6.07, 6.45) is 6.08. The molecule has 0 saturated carbocycles. The maximum absolute atomic E-state index is 12.7. The van der Waals surface area contributed by atoms with Gasteiger partial charge in [0.1, 0.15) is 0 Å². The van der Waals surface area contributed by atoms with E-state index in [-0.39, 0.29) is 10.5 Å². The zero-order valence-electron chi connectivity index (χ0n) is 16.8. The summed E-state index contributed by atoms with van der Waals surface area (Å²) < 4.78 is 26.9. The second-order valence-corrected chi connectivity index (χ2v) is 9.21. The van der Waals surface area contributed by atoms with Crippen molar-refractivity contribution in [1.29, 1.82) is 0 Å². The summed E-state index contributed by atoms with van der Waals surface area (Å²) in [5, 5.41) is 5.09. The molecule has 3 aromatic rings. The van der Waals surface area contributed by atoms with Gasteiger partial charge in [-0.1, -0.05) is 31.2 Å². The molecule has 0 unspecified atom stereocenters. The number of amides is 1. The van der Waals surface area contributed by atoms with Crippen LogP contribution in [-0.2, 0) is 16.4 Å². The number of hydrogen-bond donors (Lipinski definition) is 2. The van der Waals surface area contributed by atoms with E-state index >= 15 is 0 Å². The highest BCUT2D eigenvalue weighted by molar-refractivity contribution is 7.89. The lowest BCUT2D eigenvalue weighted by atomic mass is 10.1. The van der Waals surface area contributed by atoms with Crippen LogP contribution in [-0.4, -0.2) is 42.9 Å². The van der Waals surface area contributed by atoms with E-state index in [1.54, 1.807) is 18.3 Å². The van der Waals surface area contributed by atoms with Crippen LogP contribution in [0.3, 0.4) is 0 Å². The van der Waals surface area contributed by atoms with Crippen molar-refractivity contribution in [2.75, 3.05) is 13.1 Å². The first kappa shape index (κ1) is 20.3. The van der Waals surface area contributed by atoms with Crippen molar-refractivity contribution in [2.45, 2.75) is 31.1 Å². The van der Waals surface area contributed by atoms with Crippen LogP contribution < -0.4 is 5.43 Å². The molecule has 0 atom stereocenters. The molecule has 7 nitrogen and oxygen atoms in total. The molecular formula is C22H24N4O3S. The molecule has 1 aliphatic rings. The van der Waals surface area contributed by atoms with Crippen LogP contribution >= 0.6 is 0 Å². The number of para-hydroxylation sites is 1. The molecule has 0 spiro atoms. The van der Waals surface area contributed by atoms with Crippen LogP contribution in [0.15, 0.2) is 58.7 Å². The van der Waals surface area contributed by atoms with Gasteiger partial charge in [0.2, 0.25) is 10.0 Å². The summed E-state index contributed by atoms with van der Waals surface area (Å²) >= 11 is 0. The molecule has 1 fully saturated rings. The number of sulfonamides is 1. The van der Waals surface area contributed by atoms with E-state index in [0.29, 0.717) is 13.1 Å². The molecule has 2 N–H and O–H groups in total. The summed E-state index contributed by atoms with van der Waals surface area (Å²) in [6.45, 7) is 3.14. The third-order valence-electron chi connectivity index (χ3n) is 5.38. The normalized spacial score (nSPS) is 15.2. The van der Waals surface area contributed by atoms with Crippen LogP contribution in [0.25, 0.3) is 10.9 Å². The standard InChI is InChI=1S/C22H24N4O3S/c1-2-16-7-6-10-20-18(14-23-21(16)20)15-24-25-22(27)17-8-5-9-19(13-17)30(28,29)26-11-3-4-12-26/h5-10,13-15,23H,2-4,11-12H2,1H3,(H,25,27)/b24-15+. The van der Waals surface area contributed by atoms with Gasteiger partial charge in [-0.2, -0.15) is 9.41 Å². The van der Waals surface area contributed by atoms with Crippen LogP contribution in [0.4, 0.5) is 0 Å². The number of rotatable bonds is 6. The average molecular weight is 425 g/mol. The van der Waals surface area contributed by atoms with Gasteiger partial charge >= 0.3 is 0 Å². The molecular weight excluding hydrogens is 400 g/mol. The van der Waals surface area contributed by atoms with Gasteiger partial charge in [-0.3, -0.25) is 4.79 Å². The van der Waals surface area contributed by atoms with Crippen LogP contribution in [0.1, 0.15) is 41.3 Å². The van der Waals surface area contributed by atoms with Gasteiger partial charge < -0.3 is 4.98 Å². The number of carbonyl (C=O) groups excluding carboxylic acids is 1. The lowest BCUT2D eigenvalue weighted by Gasteiger charge is -2.15. The molecule has 8 heteroatoms. The highest BCUT2D eigenvalue weighted by Crippen LogP contribution is 2.22. The number of H-pyrrole nitrogens is 1. The molecule has 0 radical (unpaired) electrons. The van der Waals surface area contributed by atoms with Gasteiger partial charge in [0.15, 0.2) is 0 Å². The zero-order valence-corrected chi connectivity index (χ0v) is 17.6. The summed E-state index contributed by atoms with van der Waals surface area (Å²) in [7, 11) is -3.57. The number of carbonyl (C=O) groups is 1. The fourth-order valence-corrected chi connectivity index (χ4v) is 5.30. The Morgan fingerprint density at radius 2 is 1.97 bits per heavy atom. The number of aromatic nitrogens is 1. The Bertz CT molecular complexity index is 1210. The molecule has 1 amide bonds. The van der Waals surface area contributed by atoms with E-state index in [4.69, 9.17) is 0 Å². The smallest absolute Gasteiger partial charge is 0.271 e. The van der Waals surface area contributed by atoms with Crippen molar-refractivity contribution in [3.63, 3.8) is 0 Å². The minimum Gasteiger partial charge on any atom is -0.360 e. The number of aryl methyl sites for hydroxylation is 1. The molecule has 2 aromatic carbocycles. The van der Waals surface area contributed by atoms with Gasteiger partial charge in [0.25, 0.3) is 5.91 Å². The van der Waals surface area contributed by atoms with Crippen molar-refractivity contribution in [3.8, 4) is 0 Å². The summed E-state index contributed by atoms with van der Waals surface area (Å²) in [4.78, 5) is 15.9. The number of aromatic amines is 1. The number of hydrogen-bond acceptors (Lipinski definition) is 4. The minimum atomic E-state index is -3.57.